The molecule has 1 amide bonds. The van der Waals surface area contributed by atoms with Crippen molar-refractivity contribution in [3.8, 4) is 11.5 Å². The number of amides is 1. The summed E-state index contributed by atoms with van der Waals surface area (Å²) in [5.41, 5.74) is -0.228. The molecule has 3 heterocycles. The van der Waals surface area contributed by atoms with E-state index in [1.54, 1.807) is 20.8 Å². The van der Waals surface area contributed by atoms with Crippen LogP contribution in [-0.4, -0.2) is 34.2 Å². The second kappa shape index (κ2) is 9.74. The number of aromatic nitrogens is 2. The number of thioether (sulfide) groups is 1. The van der Waals surface area contributed by atoms with Crippen molar-refractivity contribution in [3.63, 3.8) is 0 Å². The molecule has 170 valence electrons. The number of carbonyl (C=O) groups excluding carboxylic acids is 2. The van der Waals surface area contributed by atoms with Crippen molar-refractivity contribution < 1.29 is 31.9 Å². The molecule has 0 aliphatic heterocycles. The number of alkyl halides is 3. The molecule has 0 atom stereocenters. The summed E-state index contributed by atoms with van der Waals surface area (Å²) in [4.78, 5) is 33.1. The second-order valence-corrected chi connectivity index (χ2v) is 8.61. The maximum Gasteiger partial charge on any atom is 0.433 e. The van der Waals surface area contributed by atoms with Crippen molar-refractivity contribution in [2.24, 2.45) is 0 Å². The molecule has 0 unspecified atom stereocenters. The first-order valence-corrected chi connectivity index (χ1v) is 11.1. The number of furan rings is 1. The first kappa shape index (κ1) is 23.8. The van der Waals surface area contributed by atoms with E-state index >= 15 is 0 Å². The third-order valence-corrected chi connectivity index (χ3v) is 6.19. The molecule has 0 bridgehead atoms. The van der Waals surface area contributed by atoms with Crippen molar-refractivity contribution in [2.75, 3.05) is 17.7 Å². The van der Waals surface area contributed by atoms with Crippen molar-refractivity contribution in [3.05, 3.63) is 46.2 Å². The Hall–Kier alpha value is -2.86. The Morgan fingerprint density at radius 2 is 2.03 bits per heavy atom. The molecule has 7 nitrogen and oxygen atoms in total. The lowest BCUT2D eigenvalue weighted by Gasteiger charge is -2.10. The molecule has 3 rings (SSSR count). The average molecular weight is 486 g/mol. The van der Waals surface area contributed by atoms with Gasteiger partial charge in [-0.1, -0.05) is 11.8 Å². The standard InChI is InChI=1S/C20H18F3N3O4S2/c1-4-29-18(28)16-10(2)11(3)32-17(16)26-15(27)9-31-19-24-12(13-6-5-7-30-13)8-14(25-19)20(21,22)23/h5-8H,4,9H2,1-3H3,(H,26,27). The van der Waals surface area contributed by atoms with Crippen LogP contribution in [0.5, 0.6) is 0 Å². The summed E-state index contributed by atoms with van der Waals surface area (Å²) < 4.78 is 49.9. The number of carbonyl (C=O) groups is 2. The van der Waals surface area contributed by atoms with E-state index < -0.39 is 23.7 Å². The van der Waals surface area contributed by atoms with Gasteiger partial charge in [0.1, 0.15) is 16.4 Å². The quantitative estimate of drug-likeness (QED) is 0.274. The summed E-state index contributed by atoms with van der Waals surface area (Å²) in [6.45, 7) is 5.41. The molecule has 1 N–H and O–H groups in total. The van der Waals surface area contributed by atoms with Gasteiger partial charge in [-0.3, -0.25) is 4.79 Å². The number of nitrogens with zero attached hydrogens (tertiary/aromatic N) is 2. The van der Waals surface area contributed by atoms with Crippen LogP contribution in [0.25, 0.3) is 11.5 Å². The minimum absolute atomic E-state index is 0.0469. The fourth-order valence-corrected chi connectivity index (χ4v) is 4.37. The summed E-state index contributed by atoms with van der Waals surface area (Å²) in [6.07, 6.45) is -3.38. The van der Waals surface area contributed by atoms with E-state index in [-0.39, 0.29) is 34.5 Å². The molecule has 0 aromatic carbocycles. The third kappa shape index (κ3) is 5.49. The van der Waals surface area contributed by atoms with Crippen LogP contribution in [0.1, 0.15) is 33.4 Å². The Balaban J connectivity index is 1.78. The first-order valence-electron chi connectivity index (χ1n) is 9.30. The highest BCUT2D eigenvalue weighted by Crippen LogP contribution is 2.34. The number of rotatable bonds is 7. The van der Waals surface area contributed by atoms with Crippen LogP contribution in [0.3, 0.4) is 0 Å². The van der Waals surface area contributed by atoms with Crippen LogP contribution in [0.4, 0.5) is 18.2 Å². The van der Waals surface area contributed by atoms with Gasteiger partial charge in [0.05, 0.1) is 24.2 Å². The highest BCUT2D eigenvalue weighted by Gasteiger charge is 2.34. The lowest BCUT2D eigenvalue weighted by Crippen LogP contribution is -2.17. The van der Waals surface area contributed by atoms with Gasteiger partial charge < -0.3 is 14.5 Å². The van der Waals surface area contributed by atoms with Gasteiger partial charge in [-0.25, -0.2) is 14.8 Å². The van der Waals surface area contributed by atoms with E-state index in [1.807, 2.05) is 0 Å². The Morgan fingerprint density at radius 3 is 2.66 bits per heavy atom. The lowest BCUT2D eigenvalue weighted by molar-refractivity contribution is -0.141. The molecule has 0 spiro atoms. The first-order chi connectivity index (χ1) is 15.1. The van der Waals surface area contributed by atoms with Crippen molar-refractivity contribution in [1.82, 2.24) is 9.97 Å². The smallest absolute Gasteiger partial charge is 0.433 e. The SMILES string of the molecule is CCOC(=O)c1c(NC(=O)CSc2nc(-c3ccco3)cc(C(F)(F)F)n2)sc(C)c1C. The minimum Gasteiger partial charge on any atom is -0.463 e. The van der Waals surface area contributed by atoms with E-state index in [0.717, 1.165) is 22.7 Å². The number of hydrogen-bond acceptors (Lipinski definition) is 8. The molecular weight excluding hydrogens is 467 g/mol. The van der Waals surface area contributed by atoms with Gasteiger partial charge in [-0.2, -0.15) is 13.2 Å². The molecule has 0 aliphatic rings. The van der Waals surface area contributed by atoms with E-state index in [1.165, 1.54) is 29.7 Å². The lowest BCUT2D eigenvalue weighted by atomic mass is 10.1. The molecule has 0 aliphatic carbocycles. The van der Waals surface area contributed by atoms with E-state index in [0.29, 0.717) is 10.6 Å². The number of thiophene rings is 1. The van der Waals surface area contributed by atoms with Gasteiger partial charge in [0.15, 0.2) is 10.9 Å². The predicted molar refractivity (Wildman–Crippen MR) is 114 cm³/mol. The average Bonchev–Trinajstić information content (AvgIpc) is 3.35. The number of aryl methyl sites for hydroxylation is 1. The monoisotopic (exact) mass is 485 g/mol. The van der Waals surface area contributed by atoms with Crippen molar-refractivity contribution >= 4 is 40.0 Å². The summed E-state index contributed by atoms with van der Waals surface area (Å²) in [5, 5.41) is 2.72. The second-order valence-electron chi connectivity index (χ2n) is 6.44. The fraction of sp³-hybridized carbons (Fsp3) is 0.300. The Kier molecular flexibility index (Phi) is 7.24. The number of nitrogens with one attached hydrogen (secondary N) is 1. The molecule has 3 aromatic heterocycles. The molecule has 12 heteroatoms. The zero-order chi connectivity index (χ0) is 23.5. The molecule has 32 heavy (non-hydrogen) atoms. The van der Waals surface area contributed by atoms with Crippen LogP contribution >= 0.6 is 23.1 Å². The third-order valence-electron chi connectivity index (χ3n) is 4.22. The van der Waals surface area contributed by atoms with E-state index in [2.05, 4.69) is 15.3 Å². The van der Waals surface area contributed by atoms with Crippen LogP contribution in [-0.2, 0) is 15.7 Å². The minimum atomic E-state index is -4.69. The van der Waals surface area contributed by atoms with Gasteiger partial charge in [-0.05, 0) is 44.5 Å². The van der Waals surface area contributed by atoms with Gasteiger partial charge in [-0.15, -0.1) is 11.3 Å². The van der Waals surface area contributed by atoms with Crippen molar-refractivity contribution in [1.29, 1.82) is 0 Å². The molecular formula is C20H18F3N3O4S2. The molecule has 0 radical (unpaired) electrons. The summed E-state index contributed by atoms with van der Waals surface area (Å²) in [7, 11) is 0. The number of anilines is 1. The van der Waals surface area contributed by atoms with Gasteiger partial charge in [0.2, 0.25) is 5.91 Å². The zero-order valence-electron chi connectivity index (χ0n) is 17.2. The zero-order valence-corrected chi connectivity index (χ0v) is 18.8. The maximum absolute atomic E-state index is 13.2. The summed E-state index contributed by atoms with van der Waals surface area (Å²) >= 11 is 1.95. The normalized spacial score (nSPS) is 11.4. The molecule has 0 fully saturated rings. The summed E-state index contributed by atoms with van der Waals surface area (Å²) in [5.74, 6) is -1.20. The van der Waals surface area contributed by atoms with Crippen LogP contribution < -0.4 is 5.32 Å². The van der Waals surface area contributed by atoms with Crippen molar-refractivity contribution in [2.45, 2.75) is 32.1 Å². The van der Waals surface area contributed by atoms with Gasteiger partial charge >= 0.3 is 12.1 Å². The fourth-order valence-electron chi connectivity index (χ4n) is 2.64. The number of halogens is 3. The summed E-state index contributed by atoms with van der Waals surface area (Å²) in [6, 6.07) is 3.78. The van der Waals surface area contributed by atoms with Crippen LogP contribution in [0, 0.1) is 13.8 Å². The highest BCUT2D eigenvalue weighted by atomic mass is 32.2. The Labute approximate surface area is 189 Å². The van der Waals surface area contributed by atoms with E-state index in [9.17, 15) is 22.8 Å². The maximum atomic E-state index is 13.2. The van der Waals surface area contributed by atoms with Gasteiger partial charge in [0, 0.05) is 4.88 Å². The molecule has 0 saturated carbocycles. The van der Waals surface area contributed by atoms with E-state index in [4.69, 9.17) is 9.15 Å². The number of esters is 1. The molecule has 0 saturated heterocycles. The Bertz CT molecular complexity index is 1130. The molecule has 3 aromatic rings. The highest BCUT2D eigenvalue weighted by molar-refractivity contribution is 7.99. The predicted octanol–water partition coefficient (Wildman–Crippen LogP) is 5.34. The largest absolute Gasteiger partial charge is 0.463 e. The van der Waals surface area contributed by atoms with Crippen LogP contribution in [0.2, 0.25) is 0 Å². The Morgan fingerprint density at radius 1 is 1.28 bits per heavy atom. The topological polar surface area (TPSA) is 94.3 Å². The van der Waals surface area contributed by atoms with Crippen LogP contribution in [0.15, 0.2) is 34.0 Å². The number of ether oxygens (including phenoxy) is 1. The number of hydrogen-bond donors (Lipinski definition) is 1. The van der Waals surface area contributed by atoms with Gasteiger partial charge in [0.25, 0.3) is 0 Å².